The van der Waals surface area contributed by atoms with E-state index in [1.165, 1.54) is 32.3 Å². The Morgan fingerprint density at radius 1 is 1.69 bits per heavy atom. The Balaban J connectivity index is 1.84. The third-order valence-electron chi connectivity index (χ3n) is 2.82. The number of aromatic nitrogens is 1. The van der Waals surface area contributed by atoms with Crippen molar-refractivity contribution in [3.63, 3.8) is 0 Å². The first-order chi connectivity index (χ1) is 6.38. The highest BCUT2D eigenvalue weighted by atomic mass is 16.3. The normalized spacial score (nSPS) is 23.9. The molecule has 0 saturated carbocycles. The third-order valence-corrected chi connectivity index (χ3v) is 2.82. The van der Waals surface area contributed by atoms with Crippen LogP contribution in [0.15, 0.2) is 17.1 Å². The predicted molar refractivity (Wildman–Crippen MR) is 50.2 cm³/mol. The minimum Gasteiger partial charge on any atom is -0.451 e. The fourth-order valence-electron chi connectivity index (χ4n) is 1.93. The average molecular weight is 180 g/mol. The van der Waals surface area contributed by atoms with E-state index in [1.54, 1.807) is 6.26 Å². The Hall–Kier alpha value is -0.830. The van der Waals surface area contributed by atoms with Gasteiger partial charge in [0.25, 0.3) is 0 Å². The second-order valence-electron chi connectivity index (χ2n) is 3.78. The van der Waals surface area contributed by atoms with Crippen molar-refractivity contribution >= 4 is 0 Å². The maximum atomic E-state index is 4.94. The molecule has 0 aromatic carbocycles. The van der Waals surface area contributed by atoms with E-state index < -0.39 is 0 Å². The van der Waals surface area contributed by atoms with Gasteiger partial charge in [0.2, 0.25) is 0 Å². The highest BCUT2D eigenvalue weighted by molar-refractivity contribution is 4.92. The van der Waals surface area contributed by atoms with Gasteiger partial charge in [-0.05, 0) is 18.9 Å². The third kappa shape index (κ3) is 2.10. The Bertz CT molecular complexity index is 245. The average Bonchev–Trinajstić information content (AvgIpc) is 2.76. The summed E-state index contributed by atoms with van der Waals surface area (Å²) in [5.41, 5.74) is 1.05. The molecule has 1 aliphatic heterocycles. The van der Waals surface area contributed by atoms with Crippen LogP contribution in [0.3, 0.4) is 0 Å². The summed E-state index contributed by atoms with van der Waals surface area (Å²) in [5.74, 6) is 0.895. The topological polar surface area (TPSA) is 29.3 Å². The van der Waals surface area contributed by atoms with Crippen molar-refractivity contribution in [2.24, 2.45) is 5.92 Å². The zero-order valence-corrected chi connectivity index (χ0v) is 8.07. The van der Waals surface area contributed by atoms with Crippen LogP contribution in [0, 0.1) is 5.92 Å². The van der Waals surface area contributed by atoms with E-state index in [9.17, 15) is 0 Å². The lowest BCUT2D eigenvalue weighted by atomic mass is 10.1. The number of hydrogen-bond donors (Lipinski definition) is 0. The molecule has 0 N–H and O–H groups in total. The van der Waals surface area contributed by atoms with Crippen molar-refractivity contribution in [1.29, 1.82) is 0 Å². The van der Waals surface area contributed by atoms with E-state index in [1.807, 2.05) is 0 Å². The summed E-state index contributed by atoms with van der Waals surface area (Å²) >= 11 is 0. The first-order valence-electron chi connectivity index (χ1n) is 4.98. The van der Waals surface area contributed by atoms with Crippen LogP contribution in [0.2, 0.25) is 0 Å². The molecule has 1 atom stereocenters. The fraction of sp³-hybridized carbons (Fsp3) is 0.700. The van der Waals surface area contributed by atoms with Crippen LogP contribution in [0.25, 0.3) is 0 Å². The van der Waals surface area contributed by atoms with Gasteiger partial charge in [-0.25, -0.2) is 4.98 Å². The Kier molecular flexibility index (Phi) is 2.64. The summed E-state index contributed by atoms with van der Waals surface area (Å²) in [7, 11) is 0. The van der Waals surface area contributed by atoms with Crippen LogP contribution < -0.4 is 0 Å². The minimum atomic E-state index is 0.895. The van der Waals surface area contributed by atoms with Crippen molar-refractivity contribution in [3.05, 3.63) is 18.4 Å². The van der Waals surface area contributed by atoms with Crippen molar-refractivity contribution in [2.75, 3.05) is 13.1 Å². The van der Waals surface area contributed by atoms with Crippen molar-refractivity contribution in [3.8, 4) is 0 Å². The Morgan fingerprint density at radius 3 is 3.23 bits per heavy atom. The van der Waals surface area contributed by atoms with E-state index in [-0.39, 0.29) is 0 Å². The molecule has 0 bridgehead atoms. The molecule has 13 heavy (non-hydrogen) atoms. The lowest BCUT2D eigenvalue weighted by molar-refractivity contribution is 0.311. The molecule has 3 nitrogen and oxygen atoms in total. The molecule has 2 heterocycles. The molecule has 0 spiro atoms. The molecular formula is C10H16N2O. The number of nitrogens with zero attached hydrogens (tertiary/aromatic N) is 2. The highest BCUT2D eigenvalue weighted by Gasteiger charge is 2.21. The highest BCUT2D eigenvalue weighted by Crippen LogP contribution is 2.20. The zero-order valence-electron chi connectivity index (χ0n) is 8.07. The molecule has 1 aromatic heterocycles. The lowest BCUT2D eigenvalue weighted by Gasteiger charge is -2.13. The predicted octanol–water partition coefficient (Wildman–Crippen LogP) is 1.91. The summed E-state index contributed by atoms with van der Waals surface area (Å²) in [6, 6.07) is 0. The minimum absolute atomic E-state index is 0.895. The van der Waals surface area contributed by atoms with Gasteiger partial charge in [0, 0.05) is 13.1 Å². The molecule has 0 aliphatic carbocycles. The number of oxazole rings is 1. The number of hydrogen-bond acceptors (Lipinski definition) is 3. The maximum Gasteiger partial charge on any atom is 0.180 e. The van der Waals surface area contributed by atoms with Gasteiger partial charge in [-0.3, -0.25) is 4.90 Å². The van der Waals surface area contributed by atoms with Crippen LogP contribution in [-0.2, 0) is 6.54 Å². The quantitative estimate of drug-likeness (QED) is 0.711. The molecule has 1 fully saturated rings. The maximum absolute atomic E-state index is 4.94. The first-order valence-corrected chi connectivity index (χ1v) is 4.98. The smallest absolute Gasteiger partial charge is 0.180 e. The van der Waals surface area contributed by atoms with Gasteiger partial charge in [0.15, 0.2) is 6.39 Å². The second-order valence-corrected chi connectivity index (χ2v) is 3.78. The molecular weight excluding hydrogens is 164 g/mol. The van der Waals surface area contributed by atoms with Gasteiger partial charge in [0.1, 0.15) is 6.26 Å². The first kappa shape index (κ1) is 8.75. The molecule has 1 unspecified atom stereocenters. The molecule has 1 saturated heterocycles. The molecule has 3 heteroatoms. The van der Waals surface area contributed by atoms with Crippen LogP contribution in [0.1, 0.15) is 25.5 Å². The van der Waals surface area contributed by atoms with Crippen LogP contribution in [-0.4, -0.2) is 23.0 Å². The van der Waals surface area contributed by atoms with E-state index in [0.717, 1.165) is 18.2 Å². The molecule has 1 aliphatic rings. The van der Waals surface area contributed by atoms with E-state index in [2.05, 4.69) is 16.8 Å². The summed E-state index contributed by atoms with van der Waals surface area (Å²) in [6.07, 6.45) is 5.88. The van der Waals surface area contributed by atoms with Crippen LogP contribution in [0.5, 0.6) is 0 Å². The molecule has 2 rings (SSSR count). The van der Waals surface area contributed by atoms with Crippen LogP contribution in [0.4, 0.5) is 0 Å². The second kappa shape index (κ2) is 3.92. The van der Waals surface area contributed by atoms with Crippen molar-refractivity contribution in [2.45, 2.75) is 26.3 Å². The Morgan fingerprint density at radius 2 is 2.62 bits per heavy atom. The zero-order chi connectivity index (χ0) is 9.10. The number of likely N-dealkylation sites (tertiary alicyclic amines) is 1. The van der Waals surface area contributed by atoms with E-state index in [4.69, 9.17) is 4.42 Å². The Labute approximate surface area is 78.8 Å². The molecule has 1 aromatic rings. The van der Waals surface area contributed by atoms with Crippen molar-refractivity contribution in [1.82, 2.24) is 9.88 Å². The molecule has 0 amide bonds. The largest absolute Gasteiger partial charge is 0.451 e. The standard InChI is InChI=1S/C10H16N2O/c1-2-9-3-4-12(5-9)6-10-7-13-8-11-10/h7-9H,2-6H2,1H3. The van der Waals surface area contributed by atoms with Gasteiger partial charge in [-0.15, -0.1) is 0 Å². The summed E-state index contributed by atoms with van der Waals surface area (Å²) in [6.45, 7) is 5.66. The summed E-state index contributed by atoms with van der Waals surface area (Å²) in [4.78, 5) is 6.57. The monoisotopic (exact) mass is 180 g/mol. The van der Waals surface area contributed by atoms with Crippen LogP contribution >= 0.6 is 0 Å². The van der Waals surface area contributed by atoms with Crippen molar-refractivity contribution < 1.29 is 4.42 Å². The molecule has 0 radical (unpaired) electrons. The van der Waals surface area contributed by atoms with Gasteiger partial charge >= 0.3 is 0 Å². The van der Waals surface area contributed by atoms with Gasteiger partial charge in [-0.1, -0.05) is 13.3 Å². The molecule has 72 valence electrons. The lowest BCUT2D eigenvalue weighted by Crippen LogP contribution is -2.20. The number of rotatable bonds is 3. The van der Waals surface area contributed by atoms with E-state index >= 15 is 0 Å². The van der Waals surface area contributed by atoms with Gasteiger partial charge < -0.3 is 4.42 Å². The summed E-state index contributed by atoms with van der Waals surface area (Å²) in [5, 5.41) is 0. The van der Waals surface area contributed by atoms with Gasteiger partial charge in [-0.2, -0.15) is 0 Å². The SMILES string of the molecule is CCC1CCN(Cc2cocn2)C1. The van der Waals surface area contributed by atoms with Gasteiger partial charge in [0.05, 0.1) is 5.69 Å². The summed E-state index contributed by atoms with van der Waals surface area (Å²) < 4.78 is 4.94. The fourth-order valence-corrected chi connectivity index (χ4v) is 1.93. The van der Waals surface area contributed by atoms with E-state index in [0.29, 0.717) is 0 Å².